The molecular formula is C10H17N5. The first-order chi connectivity index (χ1) is 7.31. The maximum absolute atomic E-state index is 8.87. The third-order valence-corrected chi connectivity index (χ3v) is 3.23. The van der Waals surface area contributed by atoms with E-state index >= 15 is 0 Å². The van der Waals surface area contributed by atoms with Crippen LogP contribution in [0.5, 0.6) is 0 Å². The molecule has 0 saturated heterocycles. The standard InChI is InChI=1S/C10H17N5/c11-6-14-8-15(7-13-10(14)12)9-4-2-1-3-5-9/h9H,1-5,7-8H2,(H2,12,13). The van der Waals surface area contributed by atoms with Crippen molar-refractivity contribution >= 4 is 5.96 Å². The summed E-state index contributed by atoms with van der Waals surface area (Å²) in [6.45, 7) is 1.26. The summed E-state index contributed by atoms with van der Waals surface area (Å²) in [5.74, 6) is 0.351. The summed E-state index contributed by atoms with van der Waals surface area (Å²) in [4.78, 5) is 7.87. The lowest BCUT2D eigenvalue weighted by atomic mass is 9.94. The monoisotopic (exact) mass is 207 g/mol. The second-order valence-corrected chi connectivity index (χ2v) is 4.21. The molecule has 0 unspecified atom stereocenters. The van der Waals surface area contributed by atoms with Gasteiger partial charge in [0.25, 0.3) is 0 Å². The Kier molecular flexibility index (Phi) is 3.07. The quantitative estimate of drug-likeness (QED) is 0.641. The minimum Gasteiger partial charge on any atom is -0.369 e. The summed E-state index contributed by atoms with van der Waals surface area (Å²) in [5.41, 5.74) is 5.61. The molecule has 0 bridgehead atoms. The van der Waals surface area contributed by atoms with Crippen LogP contribution in [0.3, 0.4) is 0 Å². The number of guanidine groups is 1. The van der Waals surface area contributed by atoms with Crippen LogP contribution in [-0.4, -0.2) is 35.1 Å². The van der Waals surface area contributed by atoms with Gasteiger partial charge in [-0.2, -0.15) is 5.26 Å². The summed E-state index contributed by atoms with van der Waals surface area (Å²) in [6, 6.07) is 0.589. The summed E-state index contributed by atoms with van der Waals surface area (Å²) in [5, 5.41) is 8.87. The molecule has 0 aromatic carbocycles. The highest BCUT2D eigenvalue weighted by molar-refractivity contribution is 5.79. The molecule has 0 atom stereocenters. The Hall–Kier alpha value is -1.28. The smallest absolute Gasteiger partial charge is 0.207 e. The number of nitriles is 1. The van der Waals surface area contributed by atoms with Crippen molar-refractivity contribution in [2.75, 3.05) is 13.3 Å². The fourth-order valence-corrected chi connectivity index (χ4v) is 2.31. The Morgan fingerprint density at radius 2 is 2.07 bits per heavy atom. The van der Waals surface area contributed by atoms with Gasteiger partial charge in [0.1, 0.15) is 0 Å². The van der Waals surface area contributed by atoms with Crippen LogP contribution in [0.4, 0.5) is 0 Å². The molecule has 82 valence electrons. The zero-order valence-corrected chi connectivity index (χ0v) is 8.89. The van der Waals surface area contributed by atoms with Crippen molar-refractivity contribution in [3.63, 3.8) is 0 Å². The van der Waals surface area contributed by atoms with E-state index in [1.54, 1.807) is 0 Å². The normalized spacial score (nSPS) is 24.7. The molecule has 1 heterocycles. The Balaban J connectivity index is 1.97. The van der Waals surface area contributed by atoms with Gasteiger partial charge in [-0.1, -0.05) is 19.3 Å². The first-order valence-corrected chi connectivity index (χ1v) is 5.52. The van der Waals surface area contributed by atoms with Crippen LogP contribution in [0.15, 0.2) is 4.99 Å². The van der Waals surface area contributed by atoms with Crippen molar-refractivity contribution in [1.29, 1.82) is 5.26 Å². The Bertz CT molecular complexity index is 287. The zero-order chi connectivity index (χ0) is 10.7. The summed E-state index contributed by atoms with van der Waals surface area (Å²) in [7, 11) is 0. The van der Waals surface area contributed by atoms with Crippen LogP contribution in [0, 0.1) is 11.5 Å². The zero-order valence-electron chi connectivity index (χ0n) is 8.89. The lowest BCUT2D eigenvalue weighted by Crippen LogP contribution is -2.51. The van der Waals surface area contributed by atoms with Crippen molar-refractivity contribution in [2.45, 2.75) is 38.1 Å². The van der Waals surface area contributed by atoms with E-state index < -0.39 is 0 Å². The van der Waals surface area contributed by atoms with Crippen LogP contribution in [0.2, 0.25) is 0 Å². The Morgan fingerprint density at radius 3 is 2.73 bits per heavy atom. The third-order valence-electron chi connectivity index (χ3n) is 3.23. The highest BCUT2D eigenvalue weighted by atomic mass is 15.4. The van der Waals surface area contributed by atoms with Gasteiger partial charge in [0.05, 0.1) is 13.3 Å². The number of nitrogens with two attached hydrogens (primary N) is 1. The maximum atomic E-state index is 8.87. The molecule has 1 saturated carbocycles. The van der Waals surface area contributed by atoms with Crippen molar-refractivity contribution in [2.24, 2.45) is 10.7 Å². The van der Waals surface area contributed by atoms with Crippen molar-refractivity contribution < 1.29 is 0 Å². The number of aliphatic imine (C=N–C) groups is 1. The van der Waals surface area contributed by atoms with Gasteiger partial charge in [0.15, 0.2) is 6.19 Å². The number of rotatable bonds is 1. The van der Waals surface area contributed by atoms with E-state index in [1.807, 2.05) is 0 Å². The first-order valence-electron chi connectivity index (χ1n) is 5.52. The molecule has 2 N–H and O–H groups in total. The van der Waals surface area contributed by atoms with E-state index in [4.69, 9.17) is 11.0 Å². The van der Waals surface area contributed by atoms with Gasteiger partial charge in [0, 0.05) is 6.04 Å². The molecule has 1 aliphatic heterocycles. The van der Waals surface area contributed by atoms with E-state index in [9.17, 15) is 0 Å². The predicted molar refractivity (Wildman–Crippen MR) is 57.5 cm³/mol. The molecule has 15 heavy (non-hydrogen) atoms. The molecule has 5 nitrogen and oxygen atoms in total. The largest absolute Gasteiger partial charge is 0.369 e. The fourth-order valence-electron chi connectivity index (χ4n) is 2.31. The van der Waals surface area contributed by atoms with Crippen LogP contribution < -0.4 is 5.73 Å². The minimum absolute atomic E-state index is 0.351. The van der Waals surface area contributed by atoms with Crippen LogP contribution >= 0.6 is 0 Å². The molecule has 0 aromatic rings. The highest BCUT2D eigenvalue weighted by Crippen LogP contribution is 2.23. The van der Waals surface area contributed by atoms with Crippen molar-refractivity contribution in [3.8, 4) is 6.19 Å². The molecule has 2 aliphatic rings. The van der Waals surface area contributed by atoms with Crippen molar-refractivity contribution in [3.05, 3.63) is 0 Å². The number of hydrogen-bond donors (Lipinski definition) is 1. The molecule has 1 fully saturated rings. The topological polar surface area (TPSA) is 68.7 Å². The first kappa shape index (κ1) is 10.2. The molecular weight excluding hydrogens is 190 g/mol. The van der Waals surface area contributed by atoms with Gasteiger partial charge in [-0.15, -0.1) is 0 Å². The molecule has 2 rings (SSSR count). The van der Waals surface area contributed by atoms with Gasteiger partial charge in [-0.3, -0.25) is 4.90 Å². The molecule has 0 radical (unpaired) electrons. The number of hydrogen-bond acceptors (Lipinski definition) is 5. The lowest BCUT2D eigenvalue weighted by Gasteiger charge is -2.37. The van der Waals surface area contributed by atoms with E-state index in [-0.39, 0.29) is 0 Å². The van der Waals surface area contributed by atoms with E-state index in [0.29, 0.717) is 25.3 Å². The lowest BCUT2D eigenvalue weighted by molar-refractivity contribution is 0.116. The minimum atomic E-state index is 0.351. The summed E-state index contributed by atoms with van der Waals surface area (Å²) < 4.78 is 0. The SMILES string of the molecule is N#CN1CN(C2CCCCC2)CN=C1N. The van der Waals surface area contributed by atoms with E-state index in [2.05, 4.69) is 16.1 Å². The predicted octanol–water partition coefficient (Wildman–Crippen LogP) is 0.647. The van der Waals surface area contributed by atoms with Gasteiger partial charge in [-0.25, -0.2) is 9.89 Å². The molecule has 5 heteroatoms. The molecule has 0 spiro atoms. The summed E-state index contributed by atoms with van der Waals surface area (Å²) >= 11 is 0. The maximum Gasteiger partial charge on any atom is 0.207 e. The average Bonchev–Trinajstić information content (AvgIpc) is 2.31. The van der Waals surface area contributed by atoms with Gasteiger partial charge >= 0.3 is 0 Å². The average molecular weight is 207 g/mol. The van der Waals surface area contributed by atoms with Gasteiger partial charge < -0.3 is 5.73 Å². The molecule has 0 aromatic heterocycles. The highest BCUT2D eigenvalue weighted by Gasteiger charge is 2.26. The molecule has 0 amide bonds. The Labute approximate surface area is 90.2 Å². The van der Waals surface area contributed by atoms with Crippen molar-refractivity contribution in [1.82, 2.24) is 9.80 Å². The number of nitrogens with zero attached hydrogens (tertiary/aromatic N) is 4. The second kappa shape index (κ2) is 4.49. The Morgan fingerprint density at radius 1 is 1.33 bits per heavy atom. The second-order valence-electron chi connectivity index (χ2n) is 4.21. The van der Waals surface area contributed by atoms with Gasteiger partial charge in [-0.05, 0) is 12.8 Å². The van der Waals surface area contributed by atoms with Crippen LogP contribution in [0.1, 0.15) is 32.1 Å². The van der Waals surface area contributed by atoms with E-state index in [0.717, 1.165) is 0 Å². The fraction of sp³-hybridized carbons (Fsp3) is 0.800. The third kappa shape index (κ3) is 2.21. The van der Waals surface area contributed by atoms with Crippen LogP contribution in [0.25, 0.3) is 0 Å². The van der Waals surface area contributed by atoms with Gasteiger partial charge in [0.2, 0.25) is 5.96 Å². The summed E-state index contributed by atoms with van der Waals surface area (Å²) in [6.07, 6.45) is 8.46. The van der Waals surface area contributed by atoms with Crippen LogP contribution in [-0.2, 0) is 0 Å². The van der Waals surface area contributed by atoms with E-state index in [1.165, 1.54) is 37.0 Å². The molecule has 1 aliphatic carbocycles.